The number of benzene rings is 1. The maximum atomic E-state index is 11.6. The summed E-state index contributed by atoms with van der Waals surface area (Å²) in [7, 11) is 1.80. The van der Waals surface area contributed by atoms with E-state index in [1.165, 1.54) is 0 Å². The van der Waals surface area contributed by atoms with Crippen molar-refractivity contribution >= 4 is 21.8 Å². The minimum Gasteiger partial charge on any atom is -0.454 e. The molecule has 0 radical (unpaired) electrons. The predicted molar refractivity (Wildman–Crippen MR) is 67.5 cm³/mol. The largest absolute Gasteiger partial charge is 0.454 e. The fourth-order valence-corrected chi connectivity index (χ4v) is 2.01. The van der Waals surface area contributed by atoms with Crippen LogP contribution in [0.4, 0.5) is 0 Å². The van der Waals surface area contributed by atoms with Gasteiger partial charge in [0.25, 0.3) is 0 Å². The second kappa shape index (κ2) is 5.40. The van der Waals surface area contributed by atoms with E-state index in [1.807, 2.05) is 18.2 Å². The van der Waals surface area contributed by atoms with Crippen LogP contribution in [-0.2, 0) is 11.3 Å². The monoisotopic (exact) mass is 299 g/mol. The molecule has 0 bridgehead atoms. The van der Waals surface area contributed by atoms with Gasteiger partial charge in [-0.3, -0.25) is 4.79 Å². The summed E-state index contributed by atoms with van der Waals surface area (Å²) >= 11 is 3.26. The summed E-state index contributed by atoms with van der Waals surface area (Å²) in [6.45, 7) is 0.861. The van der Waals surface area contributed by atoms with Crippen molar-refractivity contribution in [2.24, 2.45) is 0 Å². The molecule has 5 heteroatoms. The third-order valence-electron chi connectivity index (χ3n) is 2.59. The molecule has 1 aromatic rings. The number of hydrogen-bond donors (Lipinski definition) is 0. The first kappa shape index (κ1) is 12.2. The molecule has 0 spiro atoms. The molecule has 0 aromatic heterocycles. The Morgan fingerprint density at radius 3 is 2.94 bits per heavy atom. The molecule has 17 heavy (non-hydrogen) atoms. The van der Waals surface area contributed by atoms with Crippen LogP contribution in [-0.4, -0.2) is 30.0 Å². The molecule has 4 nitrogen and oxygen atoms in total. The van der Waals surface area contributed by atoms with Crippen LogP contribution in [0.25, 0.3) is 0 Å². The molecule has 0 atom stereocenters. The first-order valence-electron chi connectivity index (χ1n) is 5.39. The van der Waals surface area contributed by atoms with Gasteiger partial charge in [-0.05, 0) is 17.7 Å². The summed E-state index contributed by atoms with van der Waals surface area (Å²) in [5, 5.41) is 0.692. The molecule has 1 aliphatic heterocycles. The number of carbonyl (C=O) groups is 1. The van der Waals surface area contributed by atoms with Gasteiger partial charge in [-0.1, -0.05) is 22.0 Å². The quantitative estimate of drug-likeness (QED) is 0.800. The average molecular weight is 300 g/mol. The van der Waals surface area contributed by atoms with Crippen molar-refractivity contribution in [3.05, 3.63) is 23.8 Å². The number of ether oxygens (including phenoxy) is 2. The number of hydrogen-bond acceptors (Lipinski definition) is 3. The average Bonchev–Trinajstić information content (AvgIpc) is 2.76. The van der Waals surface area contributed by atoms with Crippen LogP contribution in [0, 0.1) is 0 Å². The fraction of sp³-hybridized carbons (Fsp3) is 0.417. The minimum atomic E-state index is 0.125. The van der Waals surface area contributed by atoms with Crippen molar-refractivity contribution in [1.29, 1.82) is 0 Å². The zero-order valence-electron chi connectivity index (χ0n) is 9.61. The molecule has 92 valence electrons. The Morgan fingerprint density at radius 2 is 2.18 bits per heavy atom. The first-order chi connectivity index (χ1) is 8.20. The molecule has 1 aliphatic rings. The number of amides is 1. The lowest BCUT2D eigenvalue weighted by Crippen LogP contribution is -2.26. The predicted octanol–water partition coefficient (Wildman–Crippen LogP) is 2.16. The molecule has 0 saturated carbocycles. The van der Waals surface area contributed by atoms with Gasteiger partial charge in [0.15, 0.2) is 11.5 Å². The summed E-state index contributed by atoms with van der Waals surface area (Å²) in [5.74, 6) is 1.64. The molecule has 0 aliphatic carbocycles. The molecule has 0 unspecified atom stereocenters. The minimum absolute atomic E-state index is 0.125. The van der Waals surface area contributed by atoms with Gasteiger partial charge < -0.3 is 14.4 Å². The van der Waals surface area contributed by atoms with Crippen molar-refractivity contribution in [2.75, 3.05) is 19.2 Å². The van der Waals surface area contributed by atoms with E-state index in [0.717, 1.165) is 17.1 Å². The molecule has 1 aromatic carbocycles. The summed E-state index contributed by atoms with van der Waals surface area (Å²) in [6.07, 6.45) is 0.515. The van der Waals surface area contributed by atoms with Crippen molar-refractivity contribution in [3.8, 4) is 11.5 Å². The molecule has 0 saturated heterocycles. The lowest BCUT2D eigenvalue weighted by Gasteiger charge is -2.16. The Morgan fingerprint density at radius 1 is 1.41 bits per heavy atom. The molecular weight excluding hydrogens is 286 g/mol. The van der Waals surface area contributed by atoms with Crippen LogP contribution in [0.3, 0.4) is 0 Å². The van der Waals surface area contributed by atoms with Gasteiger partial charge in [-0.25, -0.2) is 0 Å². The van der Waals surface area contributed by atoms with Crippen molar-refractivity contribution in [2.45, 2.75) is 13.0 Å². The van der Waals surface area contributed by atoms with Crippen LogP contribution < -0.4 is 9.47 Å². The topological polar surface area (TPSA) is 38.8 Å². The second-order valence-corrected chi connectivity index (χ2v) is 4.67. The van der Waals surface area contributed by atoms with Gasteiger partial charge in [0.05, 0.1) is 0 Å². The molecule has 1 amide bonds. The number of fused-ring (bicyclic) bond motifs is 1. The lowest BCUT2D eigenvalue weighted by molar-refractivity contribution is -0.129. The summed E-state index contributed by atoms with van der Waals surface area (Å²) in [6, 6.07) is 5.74. The summed E-state index contributed by atoms with van der Waals surface area (Å²) in [5.41, 5.74) is 1.04. The number of nitrogens with zero attached hydrogens (tertiary/aromatic N) is 1. The van der Waals surface area contributed by atoms with Crippen molar-refractivity contribution in [1.82, 2.24) is 4.90 Å². The Labute approximate surface area is 109 Å². The van der Waals surface area contributed by atoms with E-state index in [-0.39, 0.29) is 12.7 Å². The van der Waals surface area contributed by atoms with E-state index in [4.69, 9.17) is 9.47 Å². The smallest absolute Gasteiger partial charge is 0.231 e. The highest BCUT2D eigenvalue weighted by atomic mass is 79.9. The zero-order chi connectivity index (χ0) is 12.3. The Kier molecular flexibility index (Phi) is 3.89. The normalized spacial score (nSPS) is 12.6. The SMILES string of the molecule is CN(Cc1ccc2c(c1)OCO2)C(=O)CCBr. The number of carbonyl (C=O) groups excluding carboxylic acids is 1. The third kappa shape index (κ3) is 2.91. The number of halogens is 1. The van der Waals surface area contributed by atoms with E-state index < -0.39 is 0 Å². The number of rotatable bonds is 4. The van der Waals surface area contributed by atoms with Crippen molar-refractivity contribution < 1.29 is 14.3 Å². The van der Waals surface area contributed by atoms with Gasteiger partial charge in [0, 0.05) is 25.3 Å². The van der Waals surface area contributed by atoms with Crippen LogP contribution in [0.2, 0.25) is 0 Å². The van der Waals surface area contributed by atoms with Crippen LogP contribution in [0.5, 0.6) is 11.5 Å². The second-order valence-electron chi connectivity index (χ2n) is 3.88. The van der Waals surface area contributed by atoms with Crippen LogP contribution in [0.1, 0.15) is 12.0 Å². The van der Waals surface area contributed by atoms with Gasteiger partial charge in [-0.15, -0.1) is 0 Å². The number of alkyl halides is 1. The molecule has 0 N–H and O–H groups in total. The van der Waals surface area contributed by atoms with Gasteiger partial charge in [0.2, 0.25) is 12.7 Å². The molecular formula is C12H14BrNO3. The van der Waals surface area contributed by atoms with E-state index in [1.54, 1.807) is 11.9 Å². The Hall–Kier alpha value is -1.23. The maximum absolute atomic E-state index is 11.6. The molecule has 0 fully saturated rings. The highest BCUT2D eigenvalue weighted by Gasteiger charge is 2.14. The van der Waals surface area contributed by atoms with Crippen molar-refractivity contribution in [3.63, 3.8) is 0 Å². The van der Waals surface area contributed by atoms with Crippen LogP contribution in [0.15, 0.2) is 18.2 Å². The van der Waals surface area contributed by atoms with E-state index in [0.29, 0.717) is 18.3 Å². The maximum Gasteiger partial charge on any atom is 0.231 e. The summed E-state index contributed by atoms with van der Waals surface area (Å²) in [4.78, 5) is 13.3. The summed E-state index contributed by atoms with van der Waals surface area (Å²) < 4.78 is 10.5. The highest BCUT2D eigenvalue weighted by Crippen LogP contribution is 2.32. The fourth-order valence-electron chi connectivity index (χ4n) is 1.67. The zero-order valence-corrected chi connectivity index (χ0v) is 11.2. The molecule has 2 rings (SSSR count). The highest BCUT2D eigenvalue weighted by molar-refractivity contribution is 9.09. The van der Waals surface area contributed by atoms with E-state index >= 15 is 0 Å². The first-order valence-corrected chi connectivity index (χ1v) is 6.51. The Bertz CT molecular complexity index is 422. The third-order valence-corrected chi connectivity index (χ3v) is 2.99. The van der Waals surface area contributed by atoms with E-state index in [2.05, 4.69) is 15.9 Å². The van der Waals surface area contributed by atoms with Gasteiger partial charge >= 0.3 is 0 Å². The van der Waals surface area contributed by atoms with Gasteiger partial charge in [0.1, 0.15) is 0 Å². The van der Waals surface area contributed by atoms with E-state index in [9.17, 15) is 4.79 Å². The van der Waals surface area contributed by atoms with Gasteiger partial charge in [-0.2, -0.15) is 0 Å². The molecule has 1 heterocycles. The Balaban J connectivity index is 2.01. The standard InChI is InChI=1S/C12H14BrNO3/c1-14(12(15)4-5-13)7-9-2-3-10-11(6-9)17-8-16-10/h2-3,6H,4-5,7-8H2,1H3. The lowest BCUT2D eigenvalue weighted by atomic mass is 10.2. The van der Waals surface area contributed by atoms with Crippen LogP contribution >= 0.6 is 15.9 Å².